The third kappa shape index (κ3) is 6.33. The van der Waals surface area contributed by atoms with E-state index in [-0.39, 0.29) is 18.5 Å². The lowest BCUT2D eigenvalue weighted by Crippen LogP contribution is -2.32. The summed E-state index contributed by atoms with van der Waals surface area (Å²) in [4.78, 5) is 0. The highest BCUT2D eigenvalue weighted by molar-refractivity contribution is 6.30. The molecule has 0 aliphatic carbocycles. The molecule has 0 aliphatic heterocycles. The van der Waals surface area contributed by atoms with Gasteiger partial charge in [0.25, 0.3) is 0 Å². The van der Waals surface area contributed by atoms with Crippen molar-refractivity contribution in [1.82, 2.24) is 5.32 Å². The molecule has 2 aromatic carbocycles. The summed E-state index contributed by atoms with van der Waals surface area (Å²) in [7, 11) is 3.40. The Bertz CT molecular complexity index is 605. The van der Waals surface area contributed by atoms with Crippen molar-refractivity contribution in [2.75, 3.05) is 20.8 Å². The van der Waals surface area contributed by atoms with E-state index in [2.05, 4.69) is 24.4 Å². The van der Waals surface area contributed by atoms with Crippen LogP contribution in [0.4, 0.5) is 0 Å². The summed E-state index contributed by atoms with van der Waals surface area (Å²) in [5.41, 5.74) is 2.37. The Morgan fingerprint density at radius 2 is 1.79 bits per heavy atom. The van der Waals surface area contributed by atoms with Gasteiger partial charge in [0.2, 0.25) is 0 Å². The third-order valence-electron chi connectivity index (χ3n) is 3.86. The molecule has 2 unspecified atom stereocenters. The highest BCUT2D eigenvalue weighted by Gasteiger charge is 2.12. The minimum Gasteiger partial charge on any atom is -0.497 e. The van der Waals surface area contributed by atoms with Crippen LogP contribution in [0.3, 0.4) is 0 Å². The fourth-order valence-corrected chi connectivity index (χ4v) is 2.74. The molecule has 2 rings (SSSR count). The first-order valence-corrected chi connectivity index (χ1v) is 8.14. The second kappa shape index (κ2) is 10.6. The van der Waals surface area contributed by atoms with Gasteiger partial charge in [0.05, 0.1) is 13.2 Å². The van der Waals surface area contributed by atoms with Crippen LogP contribution >= 0.6 is 24.0 Å². The minimum atomic E-state index is -0.00739. The number of ether oxygens (including phenoxy) is 2. The maximum Gasteiger partial charge on any atom is 0.118 e. The molecule has 2 aromatic rings. The predicted octanol–water partition coefficient (Wildman–Crippen LogP) is 4.68. The van der Waals surface area contributed by atoms with Gasteiger partial charge in [-0.05, 0) is 48.7 Å². The first-order chi connectivity index (χ1) is 11.1. The first-order valence-electron chi connectivity index (χ1n) is 7.77. The fourth-order valence-electron chi connectivity index (χ4n) is 2.54. The van der Waals surface area contributed by atoms with E-state index in [0.29, 0.717) is 6.04 Å². The molecule has 5 heteroatoms. The standard InChI is InChI=1S/C19H24ClNO2.ClH/c1-14(11-15-7-9-18(22-2)10-8-15)21-13-19(23-3)16-5-4-6-17(20)12-16;/h4-10,12,14,19,21H,11,13H2,1-3H3;1H. The van der Waals surface area contributed by atoms with Gasteiger partial charge < -0.3 is 14.8 Å². The smallest absolute Gasteiger partial charge is 0.118 e. The van der Waals surface area contributed by atoms with Gasteiger partial charge in [-0.2, -0.15) is 0 Å². The van der Waals surface area contributed by atoms with Gasteiger partial charge in [0.1, 0.15) is 5.75 Å². The Kier molecular flexibility index (Phi) is 9.16. The van der Waals surface area contributed by atoms with E-state index < -0.39 is 0 Å². The van der Waals surface area contributed by atoms with Crippen LogP contribution in [-0.2, 0) is 11.2 Å². The van der Waals surface area contributed by atoms with Crippen molar-refractivity contribution in [3.05, 3.63) is 64.7 Å². The molecule has 2 atom stereocenters. The molecule has 0 radical (unpaired) electrons. The van der Waals surface area contributed by atoms with Crippen molar-refractivity contribution in [1.29, 1.82) is 0 Å². The lowest BCUT2D eigenvalue weighted by molar-refractivity contribution is 0.0999. The molecule has 1 N–H and O–H groups in total. The van der Waals surface area contributed by atoms with Gasteiger partial charge in [-0.15, -0.1) is 12.4 Å². The summed E-state index contributed by atoms with van der Waals surface area (Å²) in [6.45, 7) is 2.92. The second-order valence-electron chi connectivity index (χ2n) is 5.64. The van der Waals surface area contributed by atoms with Gasteiger partial charge in [0.15, 0.2) is 0 Å². The number of benzene rings is 2. The fraction of sp³-hybridized carbons (Fsp3) is 0.368. The van der Waals surface area contributed by atoms with Crippen molar-refractivity contribution in [2.24, 2.45) is 0 Å². The van der Waals surface area contributed by atoms with Gasteiger partial charge in [-0.25, -0.2) is 0 Å². The topological polar surface area (TPSA) is 30.5 Å². The molecule has 0 spiro atoms. The zero-order chi connectivity index (χ0) is 16.7. The average Bonchev–Trinajstić information content (AvgIpc) is 2.56. The Morgan fingerprint density at radius 1 is 1.08 bits per heavy atom. The number of nitrogens with one attached hydrogen (secondary N) is 1. The largest absolute Gasteiger partial charge is 0.497 e. The predicted molar refractivity (Wildman–Crippen MR) is 103 cm³/mol. The zero-order valence-corrected chi connectivity index (χ0v) is 15.9. The number of methoxy groups -OCH3 is 2. The Labute approximate surface area is 155 Å². The van der Waals surface area contributed by atoms with Crippen molar-refractivity contribution in [3.63, 3.8) is 0 Å². The van der Waals surface area contributed by atoms with Crippen LogP contribution in [0.1, 0.15) is 24.2 Å². The average molecular weight is 370 g/mol. The van der Waals surface area contributed by atoms with E-state index in [1.54, 1.807) is 14.2 Å². The van der Waals surface area contributed by atoms with Crippen LogP contribution < -0.4 is 10.1 Å². The molecule has 0 saturated heterocycles. The van der Waals surface area contributed by atoms with Gasteiger partial charge in [-0.1, -0.05) is 35.9 Å². The summed E-state index contributed by atoms with van der Waals surface area (Å²) < 4.78 is 10.8. The molecule has 0 amide bonds. The third-order valence-corrected chi connectivity index (χ3v) is 4.09. The molecular formula is C19H25Cl2NO2. The van der Waals surface area contributed by atoms with Crippen molar-refractivity contribution in [3.8, 4) is 5.75 Å². The van der Waals surface area contributed by atoms with Crippen LogP contribution in [0.2, 0.25) is 5.02 Å². The number of hydrogen-bond acceptors (Lipinski definition) is 3. The van der Waals surface area contributed by atoms with Crippen LogP contribution in [0.5, 0.6) is 5.75 Å². The molecule has 0 aromatic heterocycles. The first kappa shape index (κ1) is 20.8. The summed E-state index contributed by atoms with van der Waals surface area (Å²) in [5, 5.41) is 4.26. The van der Waals surface area contributed by atoms with Gasteiger partial charge in [-0.3, -0.25) is 0 Å². The molecule has 0 fully saturated rings. The molecule has 0 heterocycles. The monoisotopic (exact) mass is 369 g/mol. The van der Waals surface area contributed by atoms with E-state index >= 15 is 0 Å². The van der Waals surface area contributed by atoms with Gasteiger partial charge in [0, 0.05) is 24.7 Å². The molecule has 0 bridgehead atoms. The van der Waals surface area contributed by atoms with Crippen molar-refractivity contribution >= 4 is 24.0 Å². The number of halogens is 2. The van der Waals surface area contributed by atoms with Crippen LogP contribution in [0.25, 0.3) is 0 Å². The maximum atomic E-state index is 6.05. The quantitative estimate of drug-likeness (QED) is 0.732. The highest BCUT2D eigenvalue weighted by atomic mass is 35.5. The summed E-state index contributed by atoms with van der Waals surface area (Å²) in [6.07, 6.45) is 0.947. The van der Waals surface area contributed by atoms with E-state index in [9.17, 15) is 0 Å². The van der Waals surface area contributed by atoms with Crippen LogP contribution in [0, 0.1) is 0 Å². The van der Waals surface area contributed by atoms with Crippen molar-refractivity contribution in [2.45, 2.75) is 25.5 Å². The van der Waals surface area contributed by atoms with E-state index in [0.717, 1.165) is 29.3 Å². The van der Waals surface area contributed by atoms with Gasteiger partial charge >= 0.3 is 0 Å². The number of hydrogen-bond donors (Lipinski definition) is 1. The normalized spacial score (nSPS) is 13.0. The van der Waals surface area contributed by atoms with Crippen LogP contribution in [0.15, 0.2) is 48.5 Å². The molecular weight excluding hydrogens is 345 g/mol. The maximum absolute atomic E-state index is 6.05. The zero-order valence-electron chi connectivity index (χ0n) is 14.3. The molecule has 3 nitrogen and oxygen atoms in total. The summed E-state index contributed by atoms with van der Waals surface area (Å²) in [6, 6.07) is 16.3. The minimum absolute atomic E-state index is 0. The highest BCUT2D eigenvalue weighted by Crippen LogP contribution is 2.20. The molecule has 132 valence electrons. The Morgan fingerprint density at radius 3 is 2.38 bits per heavy atom. The molecule has 0 saturated carbocycles. The Balaban J connectivity index is 0.00000288. The summed E-state index contributed by atoms with van der Waals surface area (Å²) >= 11 is 6.05. The van der Waals surface area contributed by atoms with E-state index in [1.165, 1.54) is 5.56 Å². The second-order valence-corrected chi connectivity index (χ2v) is 6.08. The summed E-state index contributed by atoms with van der Waals surface area (Å²) in [5.74, 6) is 0.884. The SMILES string of the molecule is COc1ccc(CC(C)NCC(OC)c2cccc(Cl)c2)cc1.Cl. The van der Waals surface area contributed by atoms with E-state index in [4.69, 9.17) is 21.1 Å². The molecule has 24 heavy (non-hydrogen) atoms. The van der Waals surface area contributed by atoms with E-state index in [1.807, 2.05) is 36.4 Å². The lowest BCUT2D eigenvalue weighted by atomic mass is 10.1. The molecule has 0 aliphatic rings. The van der Waals surface area contributed by atoms with Crippen LogP contribution in [-0.4, -0.2) is 26.8 Å². The Hall–Kier alpha value is -1.26. The number of rotatable bonds is 8. The van der Waals surface area contributed by atoms with Crippen molar-refractivity contribution < 1.29 is 9.47 Å². The lowest BCUT2D eigenvalue weighted by Gasteiger charge is -2.20.